The standard InChI is InChI=1S/C10H20N2O5S/c1-7(8(13)14)11(4)9(15)10(2,3)12(5)18(6,16)17/h7H,1-6H3,(H,13,14). The summed E-state index contributed by atoms with van der Waals surface area (Å²) in [6.07, 6.45) is 0.989. The van der Waals surface area contributed by atoms with Gasteiger partial charge in [0.15, 0.2) is 0 Å². The summed E-state index contributed by atoms with van der Waals surface area (Å²) in [5, 5.41) is 8.84. The lowest BCUT2D eigenvalue weighted by molar-refractivity contribution is -0.151. The molecule has 18 heavy (non-hydrogen) atoms. The van der Waals surface area contributed by atoms with Gasteiger partial charge in [-0.05, 0) is 20.8 Å². The van der Waals surface area contributed by atoms with E-state index >= 15 is 0 Å². The van der Waals surface area contributed by atoms with Gasteiger partial charge in [-0.25, -0.2) is 13.2 Å². The van der Waals surface area contributed by atoms with E-state index in [1.54, 1.807) is 0 Å². The van der Waals surface area contributed by atoms with Gasteiger partial charge in [-0.15, -0.1) is 0 Å². The molecule has 1 unspecified atom stereocenters. The van der Waals surface area contributed by atoms with E-state index in [-0.39, 0.29) is 0 Å². The van der Waals surface area contributed by atoms with Crippen LogP contribution >= 0.6 is 0 Å². The summed E-state index contributed by atoms with van der Waals surface area (Å²) in [7, 11) is -0.930. The predicted octanol–water partition coefficient (Wildman–Crippen LogP) is -0.412. The molecular weight excluding hydrogens is 260 g/mol. The molecule has 0 aliphatic rings. The third kappa shape index (κ3) is 3.42. The number of carbonyl (C=O) groups is 2. The molecule has 0 rings (SSSR count). The van der Waals surface area contributed by atoms with Crippen LogP contribution in [0.2, 0.25) is 0 Å². The fraction of sp³-hybridized carbons (Fsp3) is 0.800. The Morgan fingerprint density at radius 3 is 1.89 bits per heavy atom. The maximum Gasteiger partial charge on any atom is 0.326 e. The number of carboxylic acid groups (broad SMARTS) is 1. The minimum Gasteiger partial charge on any atom is -0.480 e. The van der Waals surface area contributed by atoms with Crippen molar-refractivity contribution >= 4 is 21.9 Å². The second-order valence-electron chi connectivity index (χ2n) is 4.72. The fourth-order valence-corrected chi connectivity index (χ4v) is 2.23. The number of carbonyl (C=O) groups excluding carboxylic acids is 1. The topological polar surface area (TPSA) is 95.0 Å². The van der Waals surface area contributed by atoms with Crippen molar-refractivity contribution in [2.24, 2.45) is 0 Å². The molecule has 0 aromatic rings. The Bertz CT molecular complexity index is 443. The Morgan fingerprint density at radius 2 is 1.61 bits per heavy atom. The molecular formula is C10H20N2O5S. The van der Waals surface area contributed by atoms with Crippen LogP contribution in [0, 0.1) is 0 Å². The lowest BCUT2D eigenvalue weighted by Gasteiger charge is -2.36. The van der Waals surface area contributed by atoms with Crippen LogP contribution in [0.4, 0.5) is 0 Å². The maximum absolute atomic E-state index is 12.2. The van der Waals surface area contributed by atoms with Crippen LogP contribution in [0.3, 0.4) is 0 Å². The van der Waals surface area contributed by atoms with Gasteiger partial charge >= 0.3 is 5.97 Å². The number of hydrogen-bond donors (Lipinski definition) is 1. The number of rotatable bonds is 5. The molecule has 0 fully saturated rings. The molecule has 0 radical (unpaired) electrons. The summed E-state index contributed by atoms with van der Waals surface area (Å²) in [5.74, 6) is -1.73. The van der Waals surface area contributed by atoms with Gasteiger partial charge in [0.2, 0.25) is 15.9 Å². The molecule has 0 heterocycles. The van der Waals surface area contributed by atoms with Crippen LogP contribution < -0.4 is 0 Å². The zero-order valence-electron chi connectivity index (χ0n) is 11.5. The monoisotopic (exact) mass is 280 g/mol. The highest BCUT2D eigenvalue weighted by molar-refractivity contribution is 7.88. The predicted molar refractivity (Wildman–Crippen MR) is 66.6 cm³/mol. The van der Waals surface area contributed by atoms with Crippen LogP contribution in [-0.2, 0) is 19.6 Å². The third-order valence-electron chi connectivity index (χ3n) is 3.07. The normalized spacial score (nSPS) is 14.4. The Morgan fingerprint density at radius 1 is 1.22 bits per heavy atom. The summed E-state index contributed by atoms with van der Waals surface area (Å²) in [6, 6.07) is -1.02. The molecule has 8 heteroatoms. The number of aliphatic carboxylic acids is 1. The minimum atomic E-state index is -3.55. The summed E-state index contributed by atoms with van der Waals surface area (Å²) >= 11 is 0. The summed E-state index contributed by atoms with van der Waals surface area (Å²) in [4.78, 5) is 24.0. The maximum atomic E-state index is 12.2. The van der Waals surface area contributed by atoms with E-state index in [2.05, 4.69) is 0 Å². The first-order valence-corrected chi connectivity index (χ1v) is 7.12. The van der Waals surface area contributed by atoms with Gasteiger partial charge in [0.1, 0.15) is 11.6 Å². The Hall–Kier alpha value is -1.15. The first-order chi connectivity index (χ1) is 7.83. The Kier molecular flexibility index (Phi) is 4.90. The summed E-state index contributed by atoms with van der Waals surface area (Å²) in [6.45, 7) is 4.22. The van der Waals surface area contributed by atoms with E-state index in [4.69, 9.17) is 5.11 Å². The van der Waals surface area contributed by atoms with Crippen molar-refractivity contribution in [2.75, 3.05) is 20.4 Å². The SMILES string of the molecule is CC(C(=O)O)N(C)C(=O)C(C)(C)N(C)S(C)(=O)=O. The highest BCUT2D eigenvalue weighted by atomic mass is 32.2. The molecule has 0 bridgehead atoms. The second-order valence-corrected chi connectivity index (χ2v) is 6.73. The highest BCUT2D eigenvalue weighted by Crippen LogP contribution is 2.19. The average Bonchev–Trinajstić information content (AvgIpc) is 2.23. The molecule has 0 aliphatic carbocycles. The number of sulfonamides is 1. The quantitative estimate of drug-likeness (QED) is 0.738. The number of carboxylic acids is 1. The largest absolute Gasteiger partial charge is 0.480 e. The minimum absolute atomic E-state index is 0.578. The number of nitrogens with zero attached hydrogens (tertiary/aromatic N) is 2. The van der Waals surface area contributed by atoms with E-state index in [1.807, 2.05) is 0 Å². The third-order valence-corrected chi connectivity index (χ3v) is 4.52. The van der Waals surface area contributed by atoms with E-state index in [1.165, 1.54) is 34.9 Å². The zero-order valence-corrected chi connectivity index (χ0v) is 12.3. The first kappa shape index (κ1) is 16.9. The van der Waals surface area contributed by atoms with Gasteiger partial charge in [0.25, 0.3) is 0 Å². The molecule has 1 atom stereocenters. The van der Waals surface area contributed by atoms with Gasteiger partial charge in [-0.2, -0.15) is 4.31 Å². The van der Waals surface area contributed by atoms with Gasteiger partial charge in [0.05, 0.1) is 6.26 Å². The van der Waals surface area contributed by atoms with Crippen molar-refractivity contribution in [1.29, 1.82) is 0 Å². The van der Waals surface area contributed by atoms with E-state index in [0.29, 0.717) is 0 Å². The Labute approximate surface area is 107 Å². The van der Waals surface area contributed by atoms with Crippen LogP contribution in [0.15, 0.2) is 0 Å². The van der Waals surface area contributed by atoms with Gasteiger partial charge < -0.3 is 10.0 Å². The van der Waals surface area contributed by atoms with Gasteiger partial charge in [-0.1, -0.05) is 0 Å². The molecule has 0 aromatic carbocycles. The second kappa shape index (κ2) is 5.23. The van der Waals surface area contributed by atoms with E-state index in [0.717, 1.165) is 15.5 Å². The first-order valence-electron chi connectivity index (χ1n) is 5.27. The highest BCUT2D eigenvalue weighted by Gasteiger charge is 2.41. The molecule has 0 spiro atoms. The summed E-state index contributed by atoms with van der Waals surface area (Å²) in [5.41, 5.74) is -1.34. The molecule has 0 aromatic heterocycles. The number of likely N-dealkylation sites (N-methyl/N-ethyl adjacent to an activating group) is 2. The van der Waals surface area contributed by atoms with Crippen molar-refractivity contribution in [3.8, 4) is 0 Å². The van der Waals surface area contributed by atoms with Gasteiger partial charge in [-0.3, -0.25) is 4.79 Å². The van der Waals surface area contributed by atoms with Crippen molar-refractivity contribution in [3.05, 3.63) is 0 Å². The molecule has 0 aliphatic heterocycles. The summed E-state index contributed by atoms with van der Waals surface area (Å²) < 4.78 is 23.8. The molecule has 106 valence electrons. The number of hydrogen-bond acceptors (Lipinski definition) is 4. The van der Waals surface area contributed by atoms with E-state index in [9.17, 15) is 18.0 Å². The molecule has 1 amide bonds. The van der Waals surface area contributed by atoms with Crippen LogP contribution in [0.25, 0.3) is 0 Å². The smallest absolute Gasteiger partial charge is 0.326 e. The lowest BCUT2D eigenvalue weighted by Crippen LogP contribution is -2.57. The van der Waals surface area contributed by atoms with Crippen molar-refractivity contribution < 1.29 is 23.1 Å². The molecule has 7 nitrogen and oxygen atoms in total. The van der Waals surface area contributed by atoms with Crippen molar-refractivity contribution in [2.45, 2.75) is 32.4 Å². The van der Waals surface area contributed by atoms with Crippen LogP contribution in [0.5, 0.6) is 0 Å². The molecule has 0 saturated heterocycles. The zero-order chi connectivity index (χ0) is 14.9. The van der Waals surface area contributed by atoms with E-state index < -0.39 is 33.5 Å². The van der Waals surface area contributed by atoms with Crippen LogP contribution in [0.1, 0.15) is 20.8 Å². The average molecular weight is 280 g/mol. The molecule has 1 N–H and O–H groups in total. The lowest BCUT2D eigenvalue weighted by atomic mass is 10.0. The van der Waals surface area contributed by atoms with Crippen molar-refractivity contribution in [1.82, 2.24) is 9.21 Å². The van der Waals surface area contributed by atoms with Gasteiger partial charge in [0, 0.05) is 14.1 Å². The number of amides is 1. The fourth-order valence-electron chi connectivity index (χ4n) is 1.32. The molecule has 0 saturated carbocycles. The van der Waals surface area contributed by atoms with Crippen LogP contribution in [-0.4, -0.2) is 66.5 Å². The Balaban J connectivity index is 5.26. The van der Waals surface area contributed by atoms with Crippen molar-refractivity contribution in [3.63, 3.8) is 0 Å².